The number of carbonyl (C=O) groups excluding carboxylic acids is 2. The van der Waals surface area contributed by atoms with Gasteiger partial charge in [0.2, 0.25) is 0 Å². The quantitative estimate of drug-likeness (QED) is 0.718. The molecule has 2 rings (SSSR count). The smallest absolute Gasteiger partial charge is 0.412 e. The molecule has 2 aromatic rings. The second-order valence-corrected chi connectivity index (χ2v) is 6.44. The van der Waals surface area contributed by atoms with Crippen LogP contribution in [-0.2, 0) is 14.3 Å². The zero-order chi connectivity index (χ0) is 17.9. The number of ether oxygens (including phenoxy) is 2. The van der Waals surface area contributed by atoms with Gasteiger partial charge in [-0.15, -0.1) is 12.4 Å². The molecule has 0 fully saturated rings. The number of anilines is 1. The first kappa shape index (κ1) is 20.8. The predicted octanol–water partition coefficient (Wildman–Crippen LogP) is 3.15. The molecule has 1 heterocycles. The van der Waals surface area contributed by atoms with Crippen molar-refractivity contribution in [1.29, 1.82) is 0 Å². The second-order valence-electron chi connectivity index (χ2n) is 6.44. The van der Waals surface area contributed by atoms with Crippen LogP contribution in [0.2, 0.25) is 0 Å². The molecular formula is C17H24ClN3O4. The zero-order valence-electron chi connectivity index (χ0n) is 14.7. The number of halogens is 1. The van der Waals surface area contributed by atoms with Crippen molar-refractivity contribution in [2.24, 2.45) is 5.73 Å². The summed E-state index contributed by atoms with van der Waals surface area (Å²) < 4.78 is 10.0. The van der Waals surface area contributed by atoms with Gasteiger partial charge in [0.15, 0.2) is 0 Å². The molecule has 0 saturated heterocycles. The van der Waals surface area contributed by atoms with E-state index in [1.54, 1.807) is 39.1 Å². The molecule has 4 N–H and O–H groups in total. The van der Waals surface area contributed by atoms with Gasteiger partial charge in [0, 0.05) is 29.3 Å². The molecule has 1 atom stereocenters. The molecule has 1 aromatic heterocycles. The average Bonchev–Trinajstić information content (AvgIpc) is 2.89. The summed E-state index contributed by atoms with van der Waals surface area (Å²) in [4.78, 5) is 26.8. The minimum absolute atomic E-state index is 0. The van der Waals surface area contributed by atoms with Crippen molar-refractivity contribution < 1.29 is 19.1 Å². The molecule has 1 amide bonds. The van der Waals surface area contributed by atoms with Gasteiger partial charge in [-0.2, -0.15) is 0 Å². The normalized spacial score (nSPS) is 12.2. The van der Waals surface area contributed by atoms with Crippen molar-refractivity contribution in [2.45, 2.75) is 32.3 Å². The number of benzene rings is 1. The molecule has 0 aliphatic rings. The molecule has 0 saturated carbocycles. The number of hydrogen-bond donors (Lipinski definition) is 3. The van der Waals surface area contributed by atoms with E-state index in [0.717, 1.165) is 16.5 Å². The topological polar surface area (TPSA) is 106 Å². The van der Waals surface area contributed by atoms with Crippen LogP contribution in [0.1, 0.15) is 32.3 Å². The van der Waals surface area contributed by atoms with Crippen LogP contribution in [0.4, 0.5) is 10.5 Å². The van der Waals surface area contributed by atoms with Gasteiger partial charge in [0.1, 0.15) is 5.60 Å². The molecule has 1 unspecified atom stereocenters. The molecule has 1 aromatic carbocycles. The van der Waals surface area contributed by atoms with Crippen LogP contribution in [0.5, 0.6) is 0 Å². The van der Waals surface area contributed by atoms with E-state index >= 15 is 0 Å². The van der Waals surface area contributed by atoms with Crippen LogP contribution in [-0.4, -0.2) is 36.3 Å². The van der Waals surface area contributed by atoms with Crippen LogP contribution >= 0.6 is 12.4 Å². The number of carbonyl (C=O) groups is 2. The van der Waals surface area contributed by atoms with Gasteiger partial charge in [0.05, 0.1) is 13.0 Å². The maximum Gasteiger partial charge on any atom is 0.412 e. The number of rotatable bonds is 4. The summed E-state index contributed by atoms with van der Waals surface area (Å²) in [5, 5.41) is 3.53. The lowest BCUT2D eigenvalue weighted by molar-refractivity contribution is -0.142. The Balaban J connectivity index is 0.00000312. The van der Waals surface area contributed by atoms with Crippen LogP contribution < -0.4 is 11.1 Å². The van der Waals surface area contributed by atoms with E-state index in [4.69, 9.17) is 15.2 Å². The summed E-state index contributed by atoms with van der Waals surface area (Å²) >= 11 is 0. The molecule has 8 heteroatoms. The maximum atomic E-state index is 11.8. The second kappa shape index (κ2) is 8.22. The fraction of sp³-hybridized carbons (Fsp3) is 0.412. The number of fused-ring (bicyclic) bond motifs is 1. The third kappa shape index (κ3) is 5.11. The standard InChI is InChI=1S/C17H23N3O4.ClH/c1-17(2,3)24-16(22)20-10-5-6-11-13(9-19-14(11)7-10)12(8-18)15(21)23-4;/h5-7,9,12,19H,8,18H2,1-4H3,(H,20,22);1H. The van der Waals surface area contributed by atoms with Crippen molar-refractivity contribution in [3.8, 4) is 0 Å². The van der Waals surface area contributed by atoms with Crippen molar-refractivity contribution >= 4 is 41.1 Å². The van der Waals surface area contributed by atoms with E-state index in [2.05, 4.69) is 10.3 Å². The Kier molecular flexibility index (Phi) is 6.84. The third-order valence-corrected chi connectivity index (χ3v) is 3.46. The highest BCUT2D eigenvalue weighted by molar-refractivity contribution is 5.94. The third-order valence-electron chi connectivity index (χ3n) is 3.46. The Bertz CT molecular complexity index is 752. The lowest BCUT2D eigenvalue weighted by Gasteiger charge is -2.19. The minimum atomic E-state index is -0.567. The monoisotopic (exact) mass is 369 g/mol. The number of aromatic amines is 1. The van der Waals surface area contributed by atoms with E-state index in [1.807, 2.05) is 6.07 Å². The number of aromatic nitrogens is 1. The molecule has 25 heavy (non-hydrogen) atoms. The summed E-state index contributed by atoms with van der Waals surface area (Å²) in [5.41, 5.74) is 7.27. The van der Waals surface area contributed by atoms with Gasteiger partial charge in [-0.3, -0.25) is 10.1 Å². The first-order valence-electron chi connectivity index (χ1n) is 7.64. The molecule has 0 aliphatic heterocycles. The van der Waals surface area contributed by atoms with Crippen molar-refractivity contribution in [3.05, 3.63) is 30.0 Å². The first-order valence-corrected chi connectivity index (χ1v) is 7.64. The van der Waals surface area contributed by atoms with Crippen LogP contribution in [0.25, 0.3) is 10.9 Å². The van der Waals surface area contributed by atoms with Gasteiger partial charge in [-0.05, 0) is 38.5 Å². The van der Waals surface area contributed by atoms with Crippen LogP contribution in [0, 0.1) is 0 Å². The molecule has 0 spiro atoms. The van der Waals surface area contributed by atoms with Crippen LogP contribution in [0.3, 0.4) is 0 Å². The molecule has 0 bridgehead atoms. The minimum Gasteiger partial charge on any atom is -0.469 e. The van der Waals surface area contributed by atoms with Gasteiger partial charge in [0.25, 0.3) is 0 Å². The summed E-state index contributed by atoms with van der Waals surface area (Å²) in [6, 6.07) is 5.33. The predicted molar refractivity (Wildman–Crippen MR) is 99.2 cm³/mol. The van der Waals surface area contributed by atoms with E-state index in [0.29, 0.717) is 5.69 Å². The average molecular weight is 370 g/mol. The molecular weight excluding hydrogens is 346 g/mol. The fourth-order valence-corrected chi connectivity index (χ4v) is 2.43. The molecule has 0 aliphatic carbocycles. The first-order chi connectivity index (χ1) is 11.2. The number of H-pyrrole nitrogens is 1. The van der Waals surface area contributed by atoms with E-state index < -0.39 is 17.6 Å². The molecule has 138 valence electrons. The van der Waals surface area contributed by atoms with Gasteiger partial charge in [-0.1, -0.05) is 6.07 Å². The Morgan fingerprint density at radius 2 is 2.00 bits per heavy atom. The number of methoxy groups -OCH3 is 1. The van der Waals surface area contributed by atoms with Crippen molar-refractivity contribution in [2.75, 3.05) is 19.0 Å². The highest BCUT2D eigenvalue weighted by Crippen LogP contribution is 2.28. The van der Waals surface area contributed by atoms with Crippen molar-refractivity contribution in [3.63, 3.8) is 0 Å². The van der Waals surface area contributed by atoms with Gasteiger partial charge < -0.3 is 20.2 Å². The number of nitrogens with two attached hydrogens (primary N) is 1. The highest BCUT2D eigenvalue weighted by atomic mass is 35.5. The highest BCUT2D eigenvalue weighted by Gasteiger charge is 2.23. The molecule has 7 nitrogen and oxygen atoms in total. The zero-order valence-corrected chi connectivity index (χ0v) is 15.5. The number of hydrogen-bond acceptors (Lipinski definition) is 5. The van der Waals surface area contributed by atoms with Gasteiger partial charge >= 0.3 is 12.1 Å². The molecule has 0 radical (unpaired) electrons. The lowest BCUT2D eigenvalue weighted by Crippen LogP contribution is -2.27. The largest absolute Gasteiger partial charge is 0.469 e. The van der Waals surface area contributed by atoms with Gasteiger partial charge in [-0.25, -0.2) is 4.79 Å². The number of nitrogens with one attached hydrogen (secondary N) is 2. The Morgan fingerprint density at radius 1 is 1.32 bits per heavy atom. The van der Waals surface area contributed by atoms with Crippen molar-refractivity contribution in [1.82, 2.24) is 4.98 Å². The Morgan fingerprint density at radius 3 is 2.56 bits per heavy atom. The van der Waals surface area contributed by atoms with Crippen LogP contribution in [0.15, 0.2) is 24.4 Å². The summed E-state index contributed by atoms with van der Waals surface area (Å²) in [5.74, 6) is -0.914. The lowest BCUT2D eigenvalue weighted by atomic mass is 9.98. The number of amides is 1. The van der Waals surface area contributed by atoms with E-state index in [1.165, 1.54) is 7.11 Å². The summed E-state index contributed by atoms with van der Waals surface area (Å²) in [6.45, 7) is 5.55. The summed E-state index contributed by atoms with van der Waals surface area (Å²) in [6.07, 6.45) is 1.21. The van der Waals surface area contributed by atoms with E-state index in [9.17, 15) is 9.59 Å². The maximum absolute atomic E-state index is 11.8. The summed E-state index contributed by atoms with van der Waals surface area (Å²) in [7, 11) is 1.34. The fourth-order valence-electron chi connectivity index (χ4n) is 2.43. The Hall–Kier alpha value is -2.25. The number of esters is 1. The SMILES string of the molecule is COC(=O)C(CN)c1c[nH]c2cc(NC(=O)OC(C)(C)C)ccc12.Cl. The Labute approximate surface area is 152 Å². The van der Waals surface area contributed by atoms with E-state index in [-0.39, 0.29) is 24.9 Å².